The highest BCUT2D eigenvalue weighted by molar-refractivity contribution is 9.10. The van der Waals surface area contributed by atoms with E-state index < -0.39 is 0 Å². The minimum Gasteiger partial charge on any atom is -0.488 e. The van der Waals surface area contributed by atoms with Gasteiger partial charge in [-0.3, -0.25) is 5.43 Å². The Balaban J connectivity index is 1.62. The maximum Gasteiger partial charge on any atom is 0.134 e. The summed E-state index contributed by atoms with van der Waals surface area (Å²) in [6, 6.07) is 20.9. The van der Waals surface area contributed by atoms with E-state index in [0.717, 1.165) is 27.0 Å². The summed E-state index contributed by atoms with van der Waals surface area (Å²) in [5.74, 6) is 0.726. The lowest BCUT2D eigenvalue weighted by Gasteiger charge is -2.10. The van der Waals surface area contributed by atoms with E-state index in [2.05, 4.69) is 26.5 Å². The zero-order chi connectivity index (χ0) is 18.4. The van der Waals surface area contributed by atoms with Gasteiger partial charge in [-0.25, -0.2) is 0 Å². The van der Waals surface area contributed by atoms with Crippen LogP contribution in [-0.4, -0.2) is 6.21 Å². The van der Waals surface area contributed by atoms with Gasteiger partial charge in [0.1, 0.15) is 12.4 Å². The molecular weight excluding hydrogens is 435 g/mol. The molecule has 3 aromatic carbocycles. The number of nitrogens with one attached hydrogen (secondary N) is 1. The molecular formula is C20H15BrCl2N2O. The topological polar surface area (TPSA) is 33.6 Å². The Kier molecular flexibility index (Phi) is 6.56. The molecule has 0 bridgehead atoms. The first-order valence-corrected chi connectivity index (χ1v) is 9.37. The minimum absolute atomic E-state index is 0.359. The maximum atomic E-state index is 6.17. The van der Waals surface area contributed by atoms with Crippen LogP contribution in [0, 0.1) is 0 Å². The number of hydrogen-bond acceptors (Lipinski definition) is 3. The molecule has 0 atom stereocenters. The lowest BCUT2D eigenvalue weighted by molar-refractivity contribution is 0.304. The molecule has 3 nitrogen and oxygen atoms in total. The van der Waals surface area contributed by atoms with E-state index in [-0.39, 0.29) is 0 Å². The first kappa shape index (κ1) is 18.8. The Morgan fingerprint density at radius 2 is 1.81 bits per heavy atom. The second-order valence-electron chi connectivity index (χ2n) is 5.45. The van der Waals surface area contributed by atoms with Crippen LogP contribution in [0.15, 0.2) is 76.3 Å². The van der Waals surface area contributed by atoms with Gasteiger partial charge in [-0.05, 0) is 64.0 Å². The Bertz CT molecular complexity index is 917. The van der Waals surface area contributed by atoms with Crippen molar-refractivity contribution >= 4 is 51.0 Å². The van der Waals surface area contributed by atoms with Crippen LogP contribution in [0.25, 0.3) is 0 Å². The van der Waals surface area contributed by atoms with Gasteiger partial charge >= 0.3 is 0 Å². The van der Waals surface area contributed by atoms with Gasteiger partial charge in [0.2, 0.25) is 0 Å². The van der Waals surface area contributed by atoms with Crippen LogP contribution in [0.2, 0.25) is 10.0 Å². The van der Waals surface area contributed by atoms with Gasteiger partial charge < -0.3 is 4.74 Å². The van der Waals surface area contributed by atoms with Gasteiger partial charge in [-0.1, -0.05) is 47.5 Å². The predicted octanol–water partition coefficient (Wildman–Crippen LogP) is 6.78. The van der Waals surface area contributed by atoms with E-state index in [1.807, 2.05) is 54.6 Å². The predicted molar refractivity (Wildman–Crippen MR) is 113 cm³/mol. The number of anilines is 1. The molecule has 0 spiro atoms. The summed E-state index contributed by atoms with van der Waals surface area (Å²) in [5, 5.41) is 5.42. The van der Waals surface area contributed by atoms with Crippen LogP contribution < -0.4 is 10.2 Å². The van der Waals surface area contributed by atoms with E-state index in [1.165, 1.54) is 0 Å². The molecule has 1 N–H and O–H groups in total. The van der Waals surface area contributed by atoms with E-state index in [9.17, 15) is 0 Å². The Labute approximate surface area is 170 Å². The zero-order valence-electron chi connectivity index (χ0n) is 13.6. The summed E-state index contributed by atoms with van der Waals surface area (Å²) in [5.41, 5.74) is 5.73. The first-order chi connectivity index (χ1) is 12.6. The lowest BCUT2D eigenvalue weighted by Crippen LogP contribution is -1.97. The van der Waals surface area contributed by atoms with Crippen LogP contribution >= 0.6 is 39.1 Å². The number of rotatable bonds is 6. The number of halogens is 3. The van der Waals surface area contributed by atoms with E-state index in [4.69, 9.17) is 27.9 Å². The quantitative estimate of drug-likeness (QED) is 0.332. The standard InChI is InChI=1S/C20H15BrCl2N2O/c21-18-10-14(12-24-25-17-4-2-1-3-5-17)6-9-20(18)26-13-15-7-8-16(22)11-19(15)23/h1-12,25H,13H2/b24-12-. The number of ether oxygens (including phenoxy) is 1. The van der Waals surface area contributed by atoms with Crippen LogP contribution in [-0.2, 0) is 6.61 Å². The summed E-state index contributed by atoms with van der Waals surface area (Å²) < 4.78 is 6.68. The first-order valence-electron chi connectivity index (χ1n) is 7.82. The Morgan fingerprint density at radius 3 is 2.54 bits per heavy atom. The molecule has 3 aromatic rings. The number of para-hydroxylation sites is 1. The van der Waals surface area contributed by atoms with Gasteiger partial charge in [0.05, 0.1) is 16.4 Å². The van der Waals surface area contributed by atoms with Crippen molar-refractivity contribution in [3.05, 3.63) is 92.4 Å². The molecule has 0 amide bonds. The van der Waals surface area contributed by atoms with Gasteiger partial charge in [0.15, 0.2) is 0 Å². The summed E-state index contributed by atoms with van der Waals surface area (Å²) in [7, 11) is 0. The molecule has 0 aromatic heterocycles. The number of nitrogens with zero attached hydrogens (tertiary/aromatic N) is 1. The fourth-order valence-corrected chi connectivity index (χ4v) is 3.18. The second kappa shape index (κ2) is 9.08. The third-order valence-electron chi connectivity index (χ3n) is 3.54. The third-order valence-corrected chi connectivity index (χ3v) is 4.74. The van der Waals surface area contributed by atoms with Gasteiger partial charge in [0, 0.05) is 15.6 Å². The summed E-state index contributed by atoms with van der Waals surface area (Å²) >= 11 is 15.6. The number of hydrazone groups is 1. The molecule has 3 rings (SSSR count). The molecule has 0 unspecified atom stereocenters. The molecule has 6 heteroatoms. The molecule has 0 fully saturated rings. The van der Waals surface area contributed by atoms with E-state index in [0.29, 0.717) is 16.7 Å². The van der Waals surface area contributed by atoms with Crippen molar-refractivity contribution in [2.24, 2.45) is 5.10 Å². The summed E-state index contributed by atoms with van der Waals surface area (Å²) in [6.45, 7) is 0.359. The van der Waals surface area contributed by atoms with Crippen molar-refractivity contribution in [3.8, 4) is 5.75 Å². The zero-order valence-corrected chi connectivity index (χ0v) is 16.7. The molecule has 26 heavy (non-hydrogen) atoms. The van der Waals surface area contributed by atoms with Gasteiger partial charge in [-0.15, -0.1) is 0 Å². The molecule has 0 saturated carbocycles. The highest BCUT2D eigenvalue weighted by atomic mass is 79.9. The van der Waals surface area contributed by atoms with Crippen LogP contribution in [0.3, 0.4) is 0 Å². The largest absolute Gasteiger partial charge is 0.488 e. The molecule has 132 valence electrons. The van der Waals surface area contributed by atoms with Crippen LogP contribution in [0.5, 0.6) is 5.75 Å². The molecule has 0 aliphatic heterocycles. The fourth-order valence-electron chi connectivity index (χ4n) is 2.20. The average Bonchev–Trinajstić information content (AvgIpc) is 2.63. The van der Waals surface area contributed by atoms with Crippen molar-refractivity contribution in [1.29, 1.82) is 0 Å². The second-order valence-corrected chi connectivity index (χ2v) is 7.15. The normalized spacial score (nSPS) is 10.9. The monoisotopic (exact) mass is 448 g/mol. The van der Waals surface area contributed by atoms with Gasteiger partial charge in [0.25, 0.3) is 0 Å². The number of benzene rings is 3. The third kappa shape index (κ3) is 5.24. The van der Waals surface area contributed by atoms with E-state index in [1.54, 1.807) is 18.3 Å². The average molecular weight is 450 g/mol. The molecule has 0 aliphatic rings. The maximum absolute atomic E-state index is 6.17. The molecule has 0 radical (unpaired) electrons. The van der Waals surface area contributed by atoms with Crippen molar-refractivity contribution in [2.45, 2.75) is 6.61 Å². The smallest absolute Gasteiger partial charge is 0.134 e. The molecule has 0 heterocycles. The Morgan fingerprint density at radius 1 is 1.00 bits per heavy atom. The van der Waals surface area contributed by atoms with Crippen molar-refractivity contribution in [2.75, 3.05) is 5.43 Å². The lowest BCUT2D eigenvalue weighted by atomic mass is 10.2. The van der Waals surface area contributed by atoms with Crippen LogP contribution in [0.1, 0.15) is 11.1 Å². The van der Waals surface area contributed by atoms with Crippen LogP contribution in [0.4, 0.5) is 5.69 Å². The summed E-state index contributed by atoms with van der Waals surface area (Å²) in [6.07, 6.45) is 1.75. The summed E-state index contributed by atoms with van der Waals surface area (Å²) in [4.78, 5) is 0. The number of hydrogen-bond donors (Lipinski definition) is 1. The Hall–Kier alpha value is -2.01. The van der Waals surface area contributed by atoms with Crippen molar-refractivity contribution in [1.82, 2.24) is 0 Å². The molecule has 0 saturated heterocycles. The minimum atomic E-state index is 0.359. The highest BCUT2D eigenvalue weighted by Gasteiger charge is 2.06. The van der Waals surface area contributed by atoms with E-state index >= 15 is 0 Å². The SMILES string of the molecule is Clc1ccc(COc2ccc(/C=N\Nc3ccccc3)cc2Br)c(Cl)c1. The molecule has 0 aliphatic carbocycles. The van der Waals surface area contributed by atoms with Gasteiger partial charge in [-0.2, -0.15) is 5.10 Å². The highest BCUT2D eigenvalue weighted by Crippen LogP contribution is 2.28. The van der Waals surface area contributed by atoms with Crippen molar-refractivity contribution in [3.63, 3.8) is 0 Å². The van der Waals surface area contributed by atoms with Crippen molar-refractivity contribution < 1.29 is 4.74 Å². The fraction of sp³-hybridized carbons (Fsp3) is 0.0500.